The molecule has 0 saturated carbocycles. The van der Waals surface area contributed by atoms with Crippen molar-refractivity contribution in [3.8, 4) is 5.75 Å². The number of carbonyl (C=O) groups excluding carboxylic acids is 1. The first-order chi connectivity index (χ1) is 17.2. The Balaban J connectivity index is 2.00. The number of para-hydroxylation sites is 1. The number of fused-ring (bicyclic) bond motifs is 1. The Bertz CT molecular complexity index is 1550. The summed E-state index contributed by atoms with van der Waals surface area (Å²) in [5.41, 5.74) is 1.41. The average Bonchev–Trinajstić information content (AvgIpc) is 3.13. The highest BCUT2D eigenvalue weighted by Gasteiger charge is 2.35. The zero-order valence-corrected chi connectivity index (χ0v) is 21.2. The second kappa shape index (κ2) is 10.3. The summed E-state index contributed by atoms with van der Waals surface area (Å²) >= 11 is 1.13. The van der Waals surface area contributed by atoms with E-state index in [1.165, 1.54) is 10.6 Å². The molecule has 1 aliphatic rings. The van der Waals surface area contributed by atoms with Gasteiger partial charge in [0, 0.05) is 5.56 Å². The van der Waals surface area contributed by atoms with Gasteiger partial charge < -0.3 is 14.6 Å². The van der Waals surface area contributed by atoms with E-state index in [4.69, 9.17) is 9.47 Å². The van der Waals surface area contributed by atoms with Crippen LogP contribution in [0.25, 0.3) is 6.08 Å². The van der Waals surface area contributed by atoms with Gasteiger partial charge in [-0.25, -0.2) is 14.6 Å². The zero-order chi connectivity index (χ0) is 26.0. The predicted molar refractivity (Wildman–Crippen MR) is 136 cm³/mol. The molecule has 36 heavy (non-hydrogen) atoms. The van der Waals surface area contributed by atoms with Gasteiger partial charge in [0.05, 0.1) is 34.1 Å². The Morgan fingerprint density at radius 3 is 2.56 bits per heavy atom. The fourth-order valence-electron chi connectivity index (χ4n) is 4.11. The fourth-order valence-corrected chi connectivity index (χ4v) is 5.15. The van der Waals surface area contributed by atoms with Crippen LogP contribution in [0, 0.1) is 0 Å². The maximum absolute atomic E-state index is 13.8. The number of esters is 1. The van der Waals surface area contributed by atoms with E-state index >= 15 is 0 Å². The minimum Gasteiger partial charge on any atom is -0.491 e. The van der Waals surface area contributed by atoms with E-state index in [-0.39, 0.29) is 23.8 Å². The summed E-state index contributed by atoms with van der Waals surface area (Å²) in [4.78, 5) is 43.5. The first-order valence-corrected chi connectivity index (χ1v) is 12.3. The largest absolute Gasteiger partial charge is 0.491 e. The molecule has 4 rings (SSSR count). The molecule has 0 bridgehead atoms. The summed E-state index contributed by atoms with van der Waals surface area (Å²) in [5.74, 6) is -1.11. The molecule has 1 aliphatic heterocycles. The molecule has 1 N–H and O–H groups in total. The number of benzene rings is 2. The van der Waals surface area contributed by atoms with Crippen molar-refractivity contribution in [2.45, 2.75) is 39.8 Å². The van der Waals surface area contributed by atoms with Crippen LogP contribution in [0.1, 0.15) is 55.2 Å². The van der Waals surface area contributed by atoms with E-state index < -0.39 is 23.5 Å². The van der Waals surface area contributed by atoms with Gasteiger partial charge in [-0.3, -0.25) is 9.36 Å². The van der Waals surface area contributed by atoms with Gasteiger partial charge in [-0.05, 0) is 51.5 Å². The second-order valence-electron chi connectivity index (χ2n) is 8.40. The molecule has 9 heteroatoms. The standard InChI is InChI=1S/C27H26N2O6S/c1-5-34-26(33)22-16(4)28-27-29(23(22)19-12-8-9-13-20(19)35-15(2)3)24(30)21(36-27)14-17-10-6-7-11-18(17)25(31)32/h6-15,23H,5H2,1-4H3,(H,31,32)/b21-14-/t23-/m0/s1. The van der Waals surface area contributed by atoms with Crippen LogP contribution >= 0.6 is 11.3 Å². The highest BCUT2D eigenvalue weighted by Crippen LogP contribution is 2.36. The molecule has 1 aromatic heterocycles. The molecule has 0 radical (unpaired) electrons. The summed E-state index contributed by atoms with van der Waals surface area (Å²) < 4.78 is 13.1. The van der Waals surface area contributed by atoms with E-state index in [9.17, 15) is 19.5 Å². The predicted octanol–water partition coefficient (Wildman–Crippen LogP) is 3.28. The number of hydrogen-bond acceptors (Lipinski definition) is 7. The van der Waals surface area contributed by atoms with Gasteiger partial charge in [-0.2, -0.15) is 0 Å². The van der Waals surface area contributed by atoms with Gasteiger partial charge >= 0.3 is 11.9 Å². The van der Waals surface area contributed by atoms with Gasteiger partial charge in [-0.1, -0.05) is 47.7 Å². The Morgan fingerprint density at radius 2 is 1.86 bits per heavy atom. The number of rotatable bonds is 7. The average molecular weight is 507 g/mol. The van der Waals surface area contributed by atoms with Crippen LogP contribution < -0.4 is 19.6 Å². The smallest absolute Gasteiger partial charge is 0.338 e. The maximum Gasteiger partial charge on any atom is 0.338 e. The van der Waals surface area contributed by atoms with Crippen LogP contribution in [0.2, 0.25) is 0 Å². The van der Waals surface area contributed by atoms with Crippen molar-refractivity contribution in [1.82, 2.24) is 4.57 Å². The molecule has 8 nitrogen and oxygen atoms in total. The molecule has 186 valence electrons. The zero-order valence-electron chi connectivity index (χ0n) is 20.3. The molecule has 0 fully saturated rings. The van der Waals surface area contributed by atoms with Crippen molar-refractivity contribution in [3.05, 3.63) is 96.2 Å². The molecule has 0 aliphatic carbocycles. The number of thiazole rings is 1. The Hall–Kier alpha value is -3.98. The molecule has 0 amide bonds. The highest BCUT2D eigenvalue weighted by molar-refractivity contribution is 7.07. The number of carboxylic acid groups (broad SMARTS) is 1. The normalized spacial score (nSPS) is 15.5. The Kier molecular flexibility index (Phi) is 7.21. The summed E-state index contributed by atoms with van der Waals surface area (Å²) in [7, 11) is 0. The van der Waals surface area contributed by atoms with Crippen LogP contribution in [-0.2, 0) is 9.53 Å². The van der Waals surface area contributed by atoms with Crippen molar-refractivity contribution in [3.63, 3.8) is 0 Å². The number of nitrogens with zero attached hydrogens (tertiary/aromatic N) is 2. The Labute approximate surface area is 211 Å². The molecule has 2 heterocycles. The highest BCUT2D eigenvalue weighted by atomic mass is 32.1. The van der Waals surface area contributed by atoms with Crippen LogP contribution in [0.4, 0.5) is 0 Å². The minimum absolute atomic E-state index is 0.0824. The van der Waals surface area contributed by atoms with Gasteiger partial charge in [0.15, 0.2) is 4.80 Å². The monoisotopic (exact) mass is 506 g/mol. The number of ether oxygens (including phenoxy) is 2. The van der Waals surface area contributed by atoms with E-state index in [1.807, 2.05) is 32.0 Å². The van der Waals surface area contributed by atoms with Crippen LogP contribution in [-0.4, -0.2) is 34.3 Å². The quantitative estimate of drug-likeness (QED) is 0.493. The maximum atomic E-state index is 13.8. The Morgan fingerprint density at radius 1 is 1.17 bits per heavy atom. The van der Waals surface area contributed by atoms with Gasteiger partial charge in [-0.15, -0.1) is 0 Å². The third-order valence-corrected chi connectivity index (χ3v) is 6.55. The van der Waals surface area contributed by atoms with E-state index in [2.05, 4.69) is 4.99 Å². The number of allylic oxidation sites excluding steroid dienone is 1. The van der Waals surface area contributed by atoms with Crippen LogP contribution in [0.5, 0.6) is 5.75 Å². The van der Waals surface area contributed by atoms with Crippen LogP contribution in [0.3, 0.4) is 0 Å². The lowest BCUT2D eigenvalue weighted by atomic mass is 9.95. The van der Waals surface area contributed by atoms with Gasteiger partial charge in [0.25, 0.3) is 5.56 Å². The molecule has 0 spiro atoms. The number of aromatic carboxylic acids is 1. The SMILES string of the molecule is CCOC(=O)C1=C(C)N=c2s/c(=C\c3ccccc3C(=O)O)c(=O)n2[C@H]1c1ccccc1OC(C)C. The second-order valence-corrected chi connectivity index (χ2v) is 9.41. The molecule has 0 unspecified atom stereocenters. The fraction of sp³-hybridized carbons (Fsp3) is 0.259. The van der Waals surface area contributed by atoms with E-state index in [0.29, 0.717) is 31.9 Å². The van der Waals surface area contributed by atoms with E-state index in [0.717, 1.165) is 11.3 Å². The van der Waals surface area contributed by atoms with Crippen LogP contribution in [0.15, 0.2) is 69.6 Å². The summed E-state index contributed by atoms with van der Waals surface area (Å²) in [6.07, 6.45) is 1.41. The lowest BCUT2D eigenvalue weighted by Gasteiger charge is -2.26. The number of aromatic nitrogens is 1. The van der Waals surface area contributed by atoms with Crippen molar-refractivity contribution in [2.24, 2.45) is 4.99 Å². The van der Waals surface area contributed by atoms with Crippen molar-refractivity contribution >= 4 is 29.4 Å². The molecular formula is C27H26N2O6S. The minimum atomic E-state index is -1.09. The first-order valence-electron chi connectivity index (χ1n) is 11.5. The van der Waals surface area contributed by atoms with E-state index in [1.54, 1.807) is 44.2 Å². The lowest BCUT2D eigenvalue weighted by Crippen LogP contribution is -2.40. The van der Waals surface area contributed by atoms with Crippen molar-refractivity contribution < 1.29 is 24.2 Å². The summed E-state index contributed by atoms with van der Waals surface area (Å²) in [6, 6.07) is 12.9. The number of hydrogen-bond donors (Lipinski definition) is 1. The van der Waals surface area contributed by atoms with Crippen molar-refractivity contribution in [1.29, 1.82) is 0 Å². The molecule has 3 aromatic rings. The third kappa shape index (κ3) is 4.74. The first kappa shape index (κ1) is 25.1. The molecule has 0 saturated heterocycles. The summed E-state index contributed by atoms with van der Waals surface area (Å²) in [6.45, 7) is 7.39. The topological polar surface area (TPSA) is 107 Å². The number of carbonyl (C=O) groups is 2. The number of carboxylic acids is 1. The van der Waals surface area contributed by atoms with Crippen molar-refractivity contribution in [2.75, 3.05) is 6.61 Å². The molecular weight excluding hydrogens is 480 g/mol. The third-order valence-electron chi connectivity index (χ3n) is 5.57. The van der Waals surface area contributed by atoms with Gasteiger partial charge in [0.1, 0.15) is 11.8 Å². The summed E-state index contributed by atoms with van der Waals surface area (Å²) in [5, 5.41) is 9.56. The lowest BCUT2D eigenvalue weighted by molar-refractivity contribution is -0.139. The molecule has 2 aromatic carbocycles. The van der Waals surface area contributed by atoms with Gasteiger partial charge in [0.2, 0.25) is 0 Å². The molecule has 1 atom stereocenters.